The van der Waals surface area contributed by atoms with Crippen LogP contribution in [0.25, 0.3) is 0 Å². The lowest BCUT2D eigenvalue weighted by Gasteiger charge is -2.42. The van der Waals surface area contributed by atoms with Crippen molar-refractivity contribution >= 4 is 12.1 Å². The third-order valence-electron chi connectivity index (χ3n) is 4.86. The summed E-state index contributed by atoms with van der Waals surface area (Å²) in [5.74, 6) is 0. The molecule has 0 bridgehead atoms. The summed E-state index contributed by atoms with van der Waals surface area (Å²) in [6.07, 6.45) is 2.20. The molecule has 3 aliphatic heterocycles. The predicted molar refractivity (Wildman–Crippen MR) is 84.2 cm³/mol. The molecule has 0 saturated carbocycles. The average Bonchev–Trinajstić information content (AvgIpc) is 3.06. The van der Waals surface area contributed by atoms with Gasteiger partial charge in [-0.25, -0.2) is 9.59 Å². The SMILES string of the molecule is CC(C)(C)OC(=O)N1CCC(N2C(=O)NCC23CCOC3)CC1. The number of urea groups is 1. The molecule has 0 aromatic rings. The summed E-state index contributed by atoms with van der Waals surface area (Å²) in [6.45, 7) is 8.85. The number of nitrogens with zero attached hydrogens (tertiary/aromatic N) is 2. The summed E-state index contributed by atoms with van der Waals surface area (Å²) in [7, 11) is 0. The van der Waals surface area contributed by atoms with E-state index in [0.29, 0.717) is 32.8 Å². The lowest BCUT2D eigenvalue weighted by Crippen LogP contribution is -2.56. The molecule has 1 spiro atoms. The third kappa shape index (κ3) is 3.24. The number of nitrogens with one attached hydrogen (secondary N) is 1. The topological polar surface area (TPSA) is 71.1 Å². The molecule has 1 N–H and O–H groups in total. The summed E-state index contributed by atoms with van der Waals surface area (Å²) >= 11 is 0. The van der Waals surface area contributed by atoms with Crippen molar-refractivity contribution in [3.63, 3.8) is 0 Å². The van der Waals surface area contributed by atoms with Crippen LogP contribution in [-0.2, 0) is 9.47 Å². The Hall–Kier alpha value is -1.50. The zero-order chi connectivity index (χ0) is 16.7. The van der Waals surface area contributed by atoms with Crippen LogP contribution in [-0.4, -0.2) is 72.0 Å². The maximum Gasteiger partial charge on any atom is 0.410 e. The quantitative estimate of drug-likeness (QED) is 0.794. The first kappa shape index (κ1) is 16.4. The zero-order valence-electron chi connectivity index (χ0n) is 14.3. The van der Waals surface area contributed by atoms with E-state index in [4.69, 9.17) is 9.47 Å². The van der Waals surface area contributed by atoms with Crippen molar-refractivity contribution in [3.05, 3.63) is 0 Å². The lowest BCUT2D eigenvalue weighted by molar-refractivity contribution is 0.0112. The Kier molecular flexibility index (Phi) is 4.16. The third-order valence-corrected chi connectivity index (χ3v) is 4.86. The van der Waals surface area contributed by atoms with Crippen molar-refractivity contribution < 1.29 is 19.1 Å². The van der Waals surface area contributed by atoms with Gasteiger partial charge in [0.15, 0.2) is 0 Å². The molecular formula is C16H27N3O4. The number of hydrogen-bond acceptors (Lipinski definition) is 4. The first-order valence-electron chi connectivity index (χ1n) is 8.44. The van der Waals surface area contributed by atoms with Crippen molar-refractivity contribution in [1.82, 2.24) is 15.1 Å². The van der Waals surface area contributed by atoms with E-state index < -0.39 is 5.60 Å². The number of ether oxygens (including phenoxy) is 2. The van der Waals surface area contributed by atoms with Gasteiger partial charge in [0.25, 0.3) is 0 Å². The van der Waals surface area contributed by atoms with Crippen molar-refractivity contribution in [2.24, 2.45) is 0 Å². The fourth-order valence-corrected chi connectivity index (χ4v) is 3.74. The van der Waals surface area contributed by atoms with Gasteiger partial charge in [-0.15, -0.1) is 0 Å². The molecule has 7 heteroatoms. The summed E-state index contributed by atoms with van der Waals surface area (Å²) in [6, 6.07) is 0.170. The molecule has 1 atom stereocenters. The summed E-state index contributed by atoms with van der Waals surface area (Å²) in [4.78, 5) is 28.2. The van der Waals surface area contributed by atoms with Gasteiger partial charge in [-0.1, -0.05) is 0 Å². The van der Waals surface area contributed by atoms with Gasteiger partial charge in [0.2, 0.25) is 0 Å². The number of piperidine rings is 1. The second kappa shape index (κ2) is 5.85. The highest BCUT2D eigenvalue weighted by atomic mass is 16.6. The monoisotopic (exact) mass is 325 g/mol. The molecule has 130 valence electrons. The molecule has 23 heavy (non-hydrogen) atoms. The van der Waals surface area contributed by atoms with Crippen molar-refractivity contribution in [1.29, 1.82) is 0 Å². The van der Waals surface area contributed by atoms with Crippen LogP contribution in [0.4, 0.5) is 9.59 Å². The molecule has 0 aromatic carbocycles. The first-order valence-corrected chi connectivity index (χ1v) is 8.44. The number of hydrogen-bond donors (Lipinski definition) is 1. The van der Waals surface area contributed by atoms with E-state index in [9.17, 15) is 9.59 Å². The van der Waals surface area contributed by atoms with E-state index in [1.807, 2.05) is 25.7 Å². The van der Waals surface area contributed by atoms with Crippen LogP contribution in [0.15, 0.2) is 0 Å². The molecular weight excluding hydrogens is 298 g/mol. The first-order chi connectivity index (χ1) is 10.8. The van der Waals surface area contributed by atoms with E-state index in [-0.39, 0.29) is 23.7 Å². The highest BCUT2D eigenvalue weighted by Gasteiger charge is 2.51. The molecule has 0 aliphatic carbocycles. The van der Waals surface area contributed by atoms with E-state index in [0.717, 1.165) is 19.3 Å². The Balaban J connectivity index is 1.60. The number of rotatable bonds is 1. The van der Waals surface area contributed by atoms with Crippen LogP contribution in [0, 0.1) is 0 Å². The van der Waals surface area contributed by atoms with Crippen molar-refractivity contribution in [3.8, 4) is 0 Å². The standard InChI is InChI=1S/C16H27N3O4/c1-15(2,3)23-14(21)18-7-4-12(5-8-18)19-13(20)17-10-16(19)6-9-22-11-16/h12H,4-11H2,1-3H3,(H,17,20). The molecule has 3 amide bonds. The molecule has 0 radical (unpaired) electrons. The highest BCUT2D eigenvalue weighted by Crippen LogP contribution is 2.34. The minimum absolute atomic E-state index is 0.00576. The maximum absolute atomic E-state index is 12.3. The van der Waals surface area contributed by atoms with Gasteiger partial charge in [0.1, 0.15) is 5.60 Å². The summed E-state index contributed by atoms with van der Waals surface area (Å²) in [5.41, 5.74) is -0.663. The van der Waals surface area contributed by atoms with E-state index in [1.165, 1.54) is 0 Å². The fraction of sp³-hybridized carbons (Fsp3) is 0.875. The molecule has 3 rings (SSSR count). The van der Waals surface area contributed by atoms with Crippen LogP contribution in [0.3, 0.4) is 0 Å². The molecule has 3 saturated heterocycles. The van der Waals surface area contributed by atoms with Gasteiger partial charge in [0.05, 0.1) is 12.1 Å². The molecule has 3 heterocycles. The predicted octanol–water partition coefficient (Wildman–Crippen LogP) is 1.57. The van der Waals surface area contributed by atoms with Crippen molar-refractivity contribution in [2.75, 3.05) is 32.8 Å². The van der Waals surface area contributed by atoms with E-state index in [1.54, 1.807) is 4.90 Å². The van der Waals surface area contributed by atoms with Crippen LogP contribution >= 0.6 is 0 Å². The fourth-order valence-electron chi connectivity index (χ4n) is 3.74. The summed E-state index contributed by atoms with van der Waals surface area (Å²) < 4.78 is 11.0. The Morgan fingerprint density at radius 3 is 2.61 bits per heavy atom. The van der Waals surface area contributed by atoms with Crippen LogP contribution in [0.5, 0.6) is 0 Å². The summed E-state index contributed by atoms with van der Waals surface area (Å²) in [5, 5.41) is 2.97. The van der Waals surface area contributed by atoms with Gasteiger partial charge in [-0.2, -0.15) is 0 Å². The maximum atomic E-state index is 12.3. The van der Waals surface area contributed by atoms with Gasteiger partial charge in [-0.05, 0) is 40.0 Å². The zero-order valence-corrected chi connectivity index (χ0v) is 14.3. The minimum Gasteiger partial charge on any atom is -0.444 e. The smallest absolute Gasteiger partial charge is 0.410 e. The molecule has 7 nitrogen and oxygen atoms in total. The van der Waals surface area contributed by atoms with Gasteiger partial charge >= 0.3 is 12.1 Å². The van der Waals surface area contributed by atoms with Crippen molar-refractivity contribution in [2.45, 2.75) is 57.2 Å². The normalized spacial score (nSPS) is 29.3. The Bertz CT molecular complexity index is 474. The van der Waals surface area contributed by atoms with Gasteiger partial charge < -0.3 is 24.6 Å². The molecule has 1 unspecified atom stereocenters. The average molecular weight is 325 g/mol. The Labute approximate surface area is 137 Å². The Morgan fingerprint density at radius 1 is 1.35 bits per heavy atom. The van der Waals surface area contributed by atoms with E-state index >= 15 is 0 Å². The minimum atomic E-state index is -0.478. The van der Waals surface area contributed by atoms with Gasteiger partial charge in [0, 0.05) is 32.3 Å². The highest BCUT2D eigenvalue weighted by molar-refractivity contribution is 5.78. The van der Waals surface area contributed by atoms with Crippen LogP contribution in [0.2, 0.25) is 0 Å². The molecule has 0 aromatic heterocycles. The lowest BCUT2D eigenvalue weighted by atomic mass is 9.93. The largest absolute Gasteiger partial charge is 0.444 e. The molecule has 3 fully saturated rings. The molecule has 3 aliphatic rings. The number of carbonyl (C=O) groups excluding carboxylic acids is 2. The number of amides is 3. The van der Waals surface area contributed by atoms with Gasteiger partial charge in [-0.3, -0.25) is 0 Å². The number of likely N-dealkylation sites (tertiary alicyclic amines) is 1. The van der Waals surface area contributed by atoms with Crippen LogP contribution in [0.1, 0.15) is 40.0 Å². The second-order valence-corrected chi connectivity index (χ2v) is 7.75. The number of carbonyl (C=O) groups is 2. The van der Waals surface area contributed by atoms with E-state index in [2.05, 4.69) is 5.32 Å². The second-order valence-electron chi connectivity index (χ2n) is 7.75. The Morgan fingerprint density at radius 2 is 2.04 bits per heavy atom. The van der Waals surface area contributed by atoms with Crippen LogP contribution < -0.4 is 5.32 Å².